The summed E-state index contributed by atoms with van der Waals surface area (Å²) in [6.45, 7) is 2.48. The van der Waals surface area contributed by atoms with Gasteiger partial charge >= 0.3 is 0 Å². The van der Waals surface area contributed by atoms with Crippen LogP contribution in [-0.4, -0.2) is 18.0 Å². The van der Waals surface area contributed by atoms with Crippen molar-refractivity contribution in [3.05, 3.63) is 83.4 Å². The van der Waals surface area contributed by atoms with Crippen molar-refractivity contribution >= 4 is 17.3 Å². The van der Waals surface area contributed by atoms with E-state index in [2.05, 4.69) is 15.6 Å². The van der Waals surface area contributed by atoms with E-state index in [-0.39, 0.29) is 11.7 Å². The van der Waals surface area contributed by atoms with Crippen LogP contribution < -0.4 is 15.4 Å². The summed E-state index contributed by atoms with van der Waals surface area (Å²) in [6, 6.07) is 15.2. The van der Waals surface area contributed by atoms with Gasteiger partial charge in [0.25, 0.3) is 5.91 Å². The number of amides is 1. The van der Waals surface area contributed by atoms with E-state index < -0.39 is 0 Å². The van der Waals surface area contributed by atoms with E-state index in [1.165, 1.54) is 12.1 Å². The maximum Gasteiger partial charge on any atom is 0.274 e. The molecule has 0 saturated carbocycles. The molecule has 6 heteroatoms. The van der Waals surface area contributed by atoms with Gasteiger partial charge in [-0.15, -0.1) is 0 Å². The molecule has 0 bridgehead atoms. The Kier molecular flexibility index (Phi) is 5.66. The van der Waals surface area contributed by atoms with Gasteiger partial charge in [-0.05, 0) is 54.4 Å². The molecule has 0 aliphatic rings. The second-order valence-electron chi connectivity index (χ2n) is 6.07. The number of carbonyl (C=O) groups excluding carboxylic acids is 1. The lowest BCUT2D eigenvalue weighted by atomic mass is 10.2. The molecule has 0 fully saturated rings. The Morgan fingerprint density at radius 3 is 2.56 bits per heavy atom. The fourth-order valence-corrected chi connectivity index (χ4v) is 2.54. The molecule has 1 amide bonds. The summed E-state index contributed by atoms with van der Waals surface area (Å²) < 4.78 is 18.2. The van der Waals surface area contributed by atoms with Crippen molar-refractivity contribution in [1.29, 1.82) is 0 Å². The molecule has 0 radical (unpaired) electrons. The van der Waals surface area contributed by atoms with Crippen LogP contribution in [0.4, 0.5) is 15.8 Å². The highest BCUT2D eigenvalue weighted by Gasteiger charge is 2.11. The first-order chi connectivity index (χ1) is 13.0. The second kappa shape index (κ2) is 8.31. The number of ether oxygens (including phenoxy) is 1. The Bertz CT molecular complexity index is 925. The molecule has 27 heavy (non-hydrogen) atoms. The molecule has 0 aliphatic carbocycles. The van der Waals surface area contributed by atoms with E-state index in [1.54, 1.807) is 43.6 Å². The third kappa shape index (κ3) is 4.82. The summed E-state index contributed by atoms with van der Waals surface area (Å²) >= 11 is 0. The third-order valence-electron chi connectivity index (χ3n) is 4.01. The van der Waals surface area contributed by atoms with Crippen LogP contribution in [0.2, 0.25) is 0 Å². The van der Waals surface area contributed by atoms with Gasteiger partial charge in [0.05, 0.1) is 24.7 Å². The number of halogens is 1. The Hall–Kier alpha value is -3.41. The Labute approximate surface area is 157 Å². The van der Waals surface area contributed by atoms with Gasteiger partial charge in [-0.1, -0.05) is 18.2 Å². The first-order valence-corrected chi connectivity index (χ1v) is 8.45. The van der Waals surface area contributed by atoms with E-state index in [0.29, 0.717) is 23.7 Å². The van der Waals surface area contributed by atoms with E-state index in [0.717, 1.165) is 16.8 Å². The molecule has 3 aromatic rings. The zero-order valence-corrected chi connectivity index (χ0v) is 15.1. The average Bonchev–Trinajstić information content (AvgIpc) is 2.68. The van der Waals surface area contributed by atoms with Crippen LogP contribution in [0.25, 0.3) is 0 Å². The molecule has 0 aliphatic heterocycles. The molecule has 2 aromatic carbocycles. The average molecular weight is 365 g/mol. The third-order valence-corrected chi connectivity index (χ3v) is 4.01. The van der Waals surface area contributed by atoms with Crippen molar-refractivity contribution in [2.24, 2.45) is 0 Å². The number of hydrogen-bond acceptors (Lipinski definition) is 4. The standard InChI is InChI=1S/C21H20FN3O2/c1-14-3-10-20(27-2)19(11-14)25-21(26)18-9-8-17(13-24-18)23-12-15-4-6-16(22)7-5-15/h3-11,13,23H,12H2,1-2H3,(H,25,26). The predicted molar refractivity (Wildman–Crippen MR) is 104 cm³/mol. The quantitative estimate of drug-likeness (QED) is 0.679. The van der Waals surface area contributed by atoms with Crippen molar-refractivity contribution in [3.63, 3.8) is 0 Å². The Balaban J connectivity index is 1.63. The number of hydrogen-bond donors (Lipinski definition) is 2. The van der Waals surface area contributed by atoms with Gasteiger partial charge in [-0.25, -0.2) is 9.37 Å². The minimum absolute atomic E-state index is 0.263. The lowest BCUT2D eigenvalue weighted by molar-refractivity contribution is 0.102. The molecule has 1 heterocycles. The minimum atomic E-state index is -0.316. The normalized spacial score (nSPS) is 10.3. The number of aromatic nitrogens is 1. The highest BCUT2D eigenvalue weighted by Crippen LogP contribution is 2.25. The number of nitrogens with zero attached hydrogens (tertiary/aromatic N) is 1. The van der Waals surface area contributed by atoms with Gasteiger partial charge in [-0.2, -0.15) is 0 Å². The van der Waals surface area contributed by atoms with E-state index in [1.807, 2.05) is 19.1 Å². The number of rotatable bonds is 6. The summed E-state index contributed by atoms with van der Waals surface area (Å²) in [7, 11) is 1.56. The van der Waals surface area contributed by atoms with Gasteiger partial charge in [0.2, 0.25) is 0 Å². The van der Waals surface area contributed by atoms with Crippen molar-refractivity contribution in [1.82, 2.24) is 4.98 Å². The summed E-state index contributed by atoms with van der Waals surface area (Å²) in [6.07, 6.45) is 1.59. The topological polar surface area (TPSA) is 63.2 Å². The van der Waals surface area contributed by atoms with Crippen molar-refractivity contribution < 1.29 is 13.9 Å². The maximum atomic E-state index is 12.9. The highest BCUT2D eigenvalue weighted by atomic mass is 19.1. The lowest BCUT2D eigenvalue weighted by Crippen LogP contribution is -2.14. The smallest absolute Gasteiger partial charge is 0.274 e. The van der Waals surface area contributed by atoms with Crippen molar-refractivity contribution in [2.45, 2.75) is 13.5 Å². The van der Waals surface area contributed by atoms with E-state index >= 15 is 0 Å². The monoisotopic (exact) mass is 365 g/mol. The van der Waals surface area contributed by atoms with Crippen LogP contribution in [0.15, 0.2) is 60.8 Å². The molecule has 3 rings (SSSR count). The number of benzene rings is 2. The number of pyridine rings is 1. The summed E-state index contributed by atoms with van der Waals surface area (Å²) in [5.74, 6) is 0.0107. The number of nitrogens with one attached hydrogen (secondary N) is 2. The molecule has 0 unspecified atom stereocenters. The number of anilines is 2. The fraction of sp³-hybridized carbons (Fsp3) is 0.143. The largest absolute Gasteiger partial charge is 0.495 e. The van der Waals surface area contributed by atoms with Crippen LogP contribution in [0.3, 0.4) is 0 Å². The summed E-state index contributed by atoms with van der Waals surface area (Å²) in [4.78, 5) is 16.6. The Morgan fingerprint density at radius 2 is 1.89 bits per heavy atom. The van der Waals surface area contributed by atoms with E-state index in [4.69, 9.17) is 4.74 Å². The van der Waals surface area contributed by atoms with Gasteiger partial charge in [0, 0.05) is 6.54 Å². The first-order valence-electron chi connectivity index (χ1n) is 8.45. The second-order valence-corrected chi connectivity index (χ2v) is 6.07. The van der Waals surface area contributed by atoms with Gasteiger partial charge in [-0.3, -0.25) is 4.79 Å². The molecule has 138 valence electrons. The molecule has 2 N–H and O–H groups in total. The van der Waals surface area contributed by atoms with Crippen LogP contribution in [-0.2, 0) is 6.54 Å². The molecule has 1 aromatic heterocycles. The highest BCUT2D eigenvalue weighted by molar-refractivity contribution is 6.03. The maximum absolute atomic E-state index is 12.9. The SMILES string of the molecule is COc1ccc(C)cc1NC(=O)c1ccc(NCc2ccc(F)cc2)cn1. The minimum Gasteiger partial charge on any atom is -0.495 e. The zero-order chi connectivity index (χ0) is 19.2. The number of carbonyl (C=O) groups is 1. The summed E-state index contributed by atoms with van der Waals surface area (Å²) in [5, 5.41) is 6.00. The summed E-state index contributed by atoms with van der Waals surface area (Å²) in [5.41, 5.74) is 3.63. The molecular weight excluding hydrogens is 345 g/mol. The molecular formula is C21H20FN3O2. The van der Waals surface area contributed by atoms with Crippen molar-refractivity contribution in [2.75, 3.05) is 17.7 Å². The van der Waals surface area contributed by atoms with Gasteiger partial charge in [0.1, 0.15) is 17.3 Å². The number of aryl methyl sites for hydroxylation is 1. The predicted octanol–water partition coefficient (Wildman–Crippen LogP) is 4.40. The zero-order valence-electron chi connectivity index (χ0n) is 15.1. The van der Waals surface area contributed by atoms with E-state index in [9.17, 15) is 9.18 Å². The molecule has 0 saturated heterocycles. The van der Waals surface area contributed by atoms with Crippen LogP contribution in [0.1, 0.15) is 21.6 Å². The number of methoxy groups -OCH3 is 1. The fourth-order valence-electron chi connectivity index (χ4n) is 2.54. The van der Waals surface area contributed by atoms with Crippen LogP contribution in [0.5, 0.6) is 5.75 Å². The van der Waals surface area contributed by atoms with Crippen molar-refractivity contribution in [3.8, 4) is 5.75 Å². The molecule has 0 spiro atoms. The molecule has 0 atom stereocenters. The van der Waals surface area contributed by atoms with Crippen LogP contribution in [0, 0.1) is 12.7 Å². The van der Waals surface area contributed by atoms with Gasteiger partial charge < -0.3 is 15.4 Å². The van der Waals surface area contributed by atoms with Gasteiger partial charge in [0.15, 0.2) is 0 Å². The Morgan fingerprint density at radius 1 is 1.11 bits per heavy atom. The first kappa shape index (κ1) is 18.4. The lowest BCUT2D eigenvalue weighted by Gasteiger charge is -2.11. The molecule has 5 nitrogen and oxygen atoms in total. The van der Waals surface area contributed by atoms with Crippen LogP contribution >= 0.6 is 0 Å².